The Kier molecular flexibility index (Phi) is 13.2. The summed E-state index contributed by atoms with van der Waals surface area (Å²) in [7, 11) is 0. The molecule has 0 saturated heterocycles. The second kappa shape index (κ2) is 16.4. The highest BCUT2D eigenvalue weighted by molar-refractivity contribution is 5.70. The number of rotatable bonds is 13. The van der Waals surface area contributed by atoms with Gasteiger partial charge in [-0.3, -0.25) is 0 Å². The quantitative estimate of drug-likeness (QED) is 0.0755. The Morgan fingerprint density at radius 3 is 0.968 bits per heavy atom. The fourth-order valence-corrected chi connectivity index (χ4v) is 5.50. The standard InChI is InChI=1S/C35H14F26O2/c1-6(7-13(36)15(38)8(16(39)14(7)37)10-19(42)25(48)27(50)26(49)20(10)43)62-4-32(54,55)34(58,59)35(60,61)33(56,57)5-63-30-28(51)21(44)11(22(45)29(30)52)9-17(40)23(46)12(31(2,3)53)24(47)18(9)41/h6H,4-5H2,1-3H3. The van der Waals surface area contributed by atoms with Gasteiger partial charge in [0.15, 0.2) is 93.8 Å². The SMILES string of the molecule is CC(OCC(F)(F)C(F)(F)C(F)(F)C(F)(F)COc1c(F)c(F)c(-c2c(F)c(F)c(C(C)(C)F)c(F)c2F)c(F)c1F)c1c(F)c(F)c(-c2c(F)c(F)c(F)c(F)c2F)c(F)c1F. The molecule has 0 aromatic heterocycles. The molecule has 0 amide bonds. The average molecular weight is 960 g/mol. The third kappa shape index (κ3) is 7.81. The van der Waals surface area contributed by atoms with E-state index in [1.54, 1.807) is 0 Å². The van der Waals surface area contributed by atoms with Gasteiger partial charge in [0.25, 0.3) is 0 Å². The summed E-state index contributed by atoms with van der Waals surface area (Å²) in [5, 5.41) is 0. The van der Waals surface area contributed by atoms with E-state index in [0.717, 1.165) is 0 Å². The molecule has 0 aliphatic rings. The minimum absolute atomic E-state index is 0.00452. The highest BCUT2D eigenvalue weighted by atomic mass is 19.4. The average Bonchev–Trinajstić information content (AvgIpc) is 3.18. The van der Waals surface area contributed by atoms with Crippen LogP contribution in [0.25, 0.3) is 22.3 Å². The zero-order valence-corrected chi connectivity index (χ0v) is 30.1. The molecule has 63 heavy (non-hydrogen) atoms. The molecule has 0 saturated carbocycles. The van der Waals surface area contributed by atoms with Gasteiger partial charge in [-0.25, -0.2) is 70.2 Å². The Bertz CT molecular complexity index is 2390. The van der Waals surface area contributed by atoms with Crippen molar-refractivity contribution in [2.24, 2.45) is 0 Å². The summed E-state index contributed by atoms with van der Waals surface area (Å²) in [6.07, 6.45) is -3.17. The van der Waals surface area contributed by atoms with Crippen LogP contribution in [0.1, 0.15) is 38.0 Å². The second-order valence-corrected chi connectivity index (χ2v) is 13.2. The first-order valence-electron chi connectivity index (χ1n) is 16.0. The predicted molar refractivity (Wildman–Crippen MR) is 157 cm³/mol. The van der Waals surface area contributed by atoms with Crippen LogP contribution in [0.15, 0.2) is 0 Å². The van der Waals surface area contributed by atoms with Crippen LogP contribution in [0.2, 0.25) is 0 Å². The summed E-state index contributed by atoms with van der Waals surface area (Å²) < 4.78 is 383. The molecule has 4 rings (SSSR count). The van der Waals surface area contributed by atoms with Gasteiger partial charge in [-0.2, -0.15) is 43.9 Å². The van der Waals surface area contributed by atoms with Gasteiger partial charge in [0, 0.05) is 0 Å². The number of alkyl halides is 9. The van der Waals surface area contributed by atoms with Gasteiger partial charge >= 0.3 is 23.7 Å². The zero-order chi connectivity index (χ0) is 48.8. The van der Waals surface area contributed by atoms with Gasteiger partial charge in [-0.15, -0.1) is 0 Å². The third-order valence-electron chi connectivity index (χ3n) is 8.72. The minimum Gasteiger partial charge on any atom is -0.481 e. The van der Waals surface area contributed by atoms with Crippen molar-refractivity contribution < 1.29 is 124 Å². The van der Waals surface area contributed by atoms with Crippen molar-refractivity contribution in [1.82, 2.24) is 0 Å². The molecule has 0 aliphatic carbocycles. The summed E-state index contributed by atoms with van der Waals surface area (Å²) in [6, 6.07) is 0. The van der Waals surface area contributed by atoms with E-state index in [4.69, 9.17) is 0 Å². The van der Waals surface area contributed by atoms with Gasteiger partial charge in [-0.05, 0) is 20.8 Å². The van der Waals surface area contributed by atoms with Crippen LogP contribution < -0.4 is 4.74 Å². The molecule has 0 fully saturated rings. The molecule has 2 nitrogen and oxygen atoms in total. The number of ether oxygens (including phenoxy) is 2. The molecule has 0 spiro atoms. The van der Waals surface area contributed by atoms with Crippen LogP contribution in [0.5, 0.6) is 5.75 Å². The molecule has 0 heterocycles. The van der Waals surface area contributed by atoms with Crippen LogP contribution in [-0.4, -0.2) is 36.9 Å². The normalized spacial score (nSPS) is 13.6. The summed E-state index contributed by atoms with van der Waals surface area (Å²) in [5.41, 5.74) is -18.5. The number of hydrogen-bond acceptors (Lipinski definition) is 2. The number of hydrogen-bond donors (Lipinski definition) is 0. The smallest absolute Gasteiger partial charge is 0.381 e. The molecular formula is C35H14F26O2. The molecule has 4 aromatic rings. The fraction of sp³-hybridized carbons (Fsp3) is 0.314. The van der Waals surface area contributed by atoms with E-state index in [1.165, 1.54) is 0 Å². The predicted octanol–water partition coefficient (Wildman–Crippen LogP) is 13.3. The highest BCUT2D eigenvalue weighted by Crippen LogP contribution is 2.54. The Morgan fingerprint density at radius 1 is 0.365 bits per heavy atom. The monoisotopic (exact) mass is 960 g/mol. The van der Waals surface area contributed by atoms with Crippen LogP contribution in [-0.2, 0) is 10.4 Å². The number of benzene rings is 4. The molecule has 1 unspecified atom stereocenters. The van der Waals surface area contributed by atoms with E-state index < -0.39 is 187 Å². The Hall–Kier alpha value is -5.18. The Balaban J connectivity index is 1.65. The van der Waals surface area contributed by atoms with E-state index in [9.17, 15) is 114 Å². The first-order valence-corrected chi connectivity index (χ1v) is 16.0. The maximum Gasteiger partial charge on any atom is 0.381 e. The van der Waals surface area contributed by atoms with Crippen molar-refractivity contribution in [3.05, 3.63) is 110 Å². The van der Waals surface area contributed by atoms with Crippen LogP contribution in [0.4, 0.5) is 114 Å². The van der Waals surface area contributed by atoms with E-state index in [2.05, 4.69) is 9.47 Å². The lowest BCUT2D eigenvalue weighted by Crippen LogP contribution is -2.64. The molecule has 0 bridgehead atoms. The molecule has 0 N–H and O–H groups in total. The summed E-state index contributed by atoms with van der Waals surface area (Å²) in [4.78, 5) is 0. The van der Waals surface area contributed by atoms with Crippen molar-refractivity contribution in [2.45, 2.75) is 56.2 Å². The molecule has 28 heteroatoms. The third-order valence-corrected chi connectivity index (χ3v) is 8.72. The van der Waals surface area contributed by atoms with Gasteiger partial charge in [0.2, 0.25) is 17.5 Å². The minimum atomic E-state index is -7.61. The maximum absolute atomic E-state index is 14.8. The zero-order valence-electron chi connectivity index (χ0n) is 30.1. The van der Waals surface area contributed by atoms with E-state index in [0.29, 0.717) is 13.8 Å². The van der Waals surface area contributed by atoms with Crippen molar-refractivity contribution in [3.63, 3.8) is 0 Å². The first kappa shape index (κ1) is 50.5. The van der Waals surface area contributed by atoms with Gasteiger partial charge in [0.05, 0.1) is 39.5 Å². The van der Waals surface area contributed by atoms with E-state index >= 15 is 0 Å². The lowest BCUT2D eigenvalue weighted by atomic mass is 9.93. The van der Waals surface area contributed by atoms with Gasteiger partial charge < -0.3 is 9.47 Å². The summed E-state index contributed by atoms with van der Waals surface area (Å²) in [5.74, 6) is -83.5. The van der Waals surface area contributed by atoms with Crippen molar-refractivity contribution >= 4 is 0 Å². The topological polar surface area (TPSA) is 18.5 Å². The van der Waals surface area contributed by atoms with Gasteiger partial charge in [0.1, 0.15) is 12.3 Å². The second-order valence-electron chi connectivity index (χ2n) is 13.2. The van der Waals surface area contributed by atoms with Crippen molar-refractivity contribution in [2.75, 3.05) is 13.2 Å². The molecular weight excluding hydrogens is 946 g/mol. The molecule has 0 aliphatic heterocycles. The lowest BCUT2D eigenvalue weighted by Gasteiger charge is -2.36. The molecule has 348 valence electrons. The van der Waals surface area contributed by atoms with Crippen LogP contribution in [0, 0.1) is 98.9 Å². The van der Waals surface area contributed by atoms with E-state index in [-0.39, 0.29) is 6.92 Å². The maximum atomic E-state index is 14.8. The molecule has 1 atom stereocenters. The summed E-state index contributed by atoms with van der Waals surface area (Å²) in [6.45, 7) is -6.54. The number of halogens is 26. The summed E-state index contributed by atoms with van der Waals surface area (Å²) >= 11 is 0. The van der Waals surface area contributed by atoms with Crippen molar-refractivity contribution in [1.29, 1.82) is 0 Å². The van der Waals surface area contributed by atoms with Crippen molar-refractivity contribution in [3.8, 4) is 28.0 Å². The van der Waals surface area contributed by atoms with Gasteiger partial charge in [-0.1, -0.05) is 0 Å². The fourth-order valence-electron chi connectivity index (χ4n) is 5.50. The first-order chi connectivity index (χ1) is 28.5. The molecule has 0 radical (unpaired) electrons. The lowest BCUT2D eigenvalue weighted by molar-refractivity contribution is -0.375. The van der Waals surface area contributed by atoms with E-state index in [1.807, 2.05) is 0 Å². The highest BCUT2D eigenvalue weighted by Gasteiger charge is 2.80. The Labute approximate surface area is 331 Å². The molecule has 4 aromatic carbocycles. The van der Waals surface area contributed by atoms with Crippen LogP contribution in [0.3, 0.4) is 0 Å². The van der Waals surface area contributed by atoms with Crippen LogP contribution >= 0.6 is 0 Å². The Morgan fingerprint density at radius 2 is 0.635 bits per heavy atom. The largest absolute Gasteiger partial charge is 0.481 e.